The lowest BCUT2D eigenvalue weighted by Gasteiger charge is -2.20. The topological polar surface area (TPSA) is 103 Å². The van der Waals surface area contributed by atoms with Crippen molar-refractivity contribution in [2.45, 2.75) is 17.4 Å². The molecule has 3 aromatic rings. The predicted molar refractivity (Wildman–Crippen MR) is 130 cm³/mol. The molecule has 3 aromatic carbocycles. The van der Waals surface area contributed by atoms with Crippen LogP contribution in [0.1, 0.15) is 5.56 Å². The van der Waals surface area contributed by atoms with E-state index in [1.165, 1.54) is 39.5 Å². The monoisotopic (exact) mass is 504 g/mol. The van der Waals surface area contributed by atoms with Gasteiger partial charge in [0.2, 0.25) is 15.9 Å². The summed E-state index contributed by atoms with van der Waals surface area (Å²) in [7, 11) is 0.169. The van der Waals surface area contributed by atoms with E-state index in [9.17, 15) is 13.2 Å². The van der Waals surface area contributed by atoms with Crippen LogP contribution < -0.4 is 24.2 Å². The van der Waals surface area contributed by atoms with Gasteiger partial charge in [0.05, 0.1) is 21.3 Å². The molecule has 8 nitrogen and oxygen atoms in total. The molecule has 0 unspecified atom stereocenters. The number of nitrogens with one attached hydrogen (secondary N) is 2. The Bertz CT molecular complexity index is 1250. The second-order valence-electron chi connectivity index (χ2n) is 7.22. The number of hydrogen-bond acceptors (Lipinski definition) is 6. The van der Waals surface area contributed by atoms with Gasteiger partial charge in [-0.25, -0.2) is 8.42 Å². The average Bonchev–Trinajstić information content (AvgIpc) is 2.84. The molecule has 0 saturated heterocycles. The van der Waals surface area contributed by atoms with Gasteiger partial charge in [0.1, 0.15) is 16.7 Å². The van der Waals surface area contributed by atoms with E-state index in [0.29, 0.717) is 17.2 Å². The highest BCUT2D eigenvalue weighted by Gasteiger charge is 2.29. The number of methoxy groups -OCH3 is 3. The van der Waals surface area contributed by atoms with Crippen LogP contribution in [0.3, 0.4) is 0 Å². The molecule has 180 valence electrons. The number of rotatable bonds is 10. The fraction of sp³-hybridized carbons (Fsp3) is 0.208. The summed E-state index contributed by atoms with van der Waals surface area (Å²) in [6.07, 6.45) is 0.113. The van der Waals surface area contributed by atoms with Crippen molar-refractivity contribution in [1.82, 2.24) is 4.72 Å². The van der Waals surface area contributed by atoms with Gasteiger partial charge in [0, 0.05) is 16.8 Å². The number of halogens is 1. The fourth-order valence-corrected chi connectivity index (χ4v) is 4.92. The first-order valence-corrected chi connectivity index (χ1v) is 12.1. The Morgan fingerprint density at radius 1 is 0.882 bits per heavy atom. The minimum Gasteiger partial charge on any atom is -0.495 e. The maximum atomic E-state index is 13.2. The molecule has 0 aromatic heterocycles. The first kappa shape index (κ1) is 25.4. The van der Waals surface area contributed by atoms with E-state index in [0.717, 1.165) is 5.56 Å². The van der Waals surface area contributed by atoms with Crippen molar-refractivity contribution in [2.75, 3.05) is 26.6 Å². The van der Waals surface area contributed by atoms with Crippen LogP contribution in [0.5, 0.6) is 17.2 Å². The van der Waals surface area contributed by atoms with Crippen LogP contribution in [0.2, 0.25) is 5.02 Å². The summed E-state index contributed by atoms with van der Waals surface area (Å²) < 4.78 is 44.7. The lowest BCUT2D eigenvalue weighted by Crippen LogP contribution is -2.45. The minimum atomic E-state index is -4.17. The van der Waals surface area contributed by atoms with Gasteiger partial charge in [-0.05, 0) is 42.3 Å². The van der Waals surface area contributed by atoms with Crippen molar-refractivity contribution < 1.29 is 27.4 Å². The molecule has 0 spiro atoms. The molecule has 0 radical (unpaired) electrons. The lowest BCUT2D eigenvalue weighted by molar-refractivity contribution is -0.117. The zero-order valence-electron chi connectivity index (χ0n) is 18.9. The second-order valence-corrected chi connectivity index (χ2v) is 9.34. The summed E-state index contributed by atoms with van der Waals surface area (Å²) in [5.41, 5.74) is 1.19. The van der Waals surface area contributed by atoms with Crippen molar-refractivity contribution >= 4 is 33.2 Å². The normalized spacial score (nSPS) is 12.0. The molecule has 10 heteroatoms. The number of carbonyl (C=O) groups is 1. The van der Waals surface area contributed by atoms with Crippen LogP contribution in [0, 0.1) is 0 Å². The third-order valence-electron chi connectivity index (χ3n) is 4.96. The summed E-state index contributed by atoms with van der Waals surface area (Å²) in [5.74, 6) is 0.468. The third kappa shape index (κ3) is 6.19. The molecule has 0 saturated carbocycles. The van der Waals surface area contributed by atoms with Crippen molar-refractivity contribution in [2.24, 2.45) is 0 Å². The van der Waals surface area contributed by atoms with Gasteiger partial charge < -0.3 is 19.5 Å². The molecule has 34 heavy (non-hydrogen) atoms. The van der Waals surface area contributed by atoms with E-state index in [4.69, 9.17) is 25.8 Å². The number of benzene rings is 3. The van der Waals surface area contributed by atoms with Gasteiger partial charge in [0.15, 0.2) is 11.5 Å². The summed E-state index contributed by atoms with van der Waals surface area (Å²) in [4.78, 5) is 13.1. The Hall–Kier alpha value is -3.27. The van der Waals surface area contributed by atoms with Crippen molar-refractivity contribution in [3.05, 3.63) is 77.3 Å². The zero-order valence-corrected chi connectivity index (χ0v) is 20.4. The van der Waals surface area contributed by atoms with E-state index in [-0.39, 0.29) is 22.1 Å². The summed E-state index contributed by atoms with van der Waals surface area (Å²) in [6.45, 7) is 0. The van der Waals surface area contributed by atoms with E-state index >= 15 is 0 Å². The molecule has 1 atom stereocenters. The molecular formula is C24H25ClN2O6S. The zero-order chi connectivity index (χ0) is 24.7. The molecule has 0 heterocycles. The molecule has 0 fully saturated rings. The molecule has 0 bridgehead atoms. The largest absolute Gasteiger partial charge is 0.495 e. The van der Waals surface area contributed by atoms with Gasteiger partial charge in [-0.2, -0.15) is 4.72 Å². The summed E-state index contributed by atoms with van der Waals surface area (Å²) >= 11 is 6.02. The van der Waals surface area contributed by atoms with Crippen LogP contribution in [0.4, 0.5) is 5.69 Å². The molecule has 2 N–H and O–H groups in total. The molecular weight excluding hydrogens is 480 g/mol. The number of anilines is 1. The Kier molecular flexibility index (Phi) is 8.38. The van der Waals surface area contributed by atoms with Crippen LogP contribution >= 0.6 is 11.6 Å². The van der Waals surface area contributed by atoms with Gasteiger partial charge >= 0.3 is 0 Å². The van der Waals surface area contributed by atoms with Crippen molar-refractivity contribution in [1.29, 1.82) is 0 Å². The van der Waals surface area contributed by atoms with Crippen LogP contribution in [0.25, 0.3) is 0 Å². The van der Waals surface area contributed by atoms with E-state index in [1.807, 2.05) is 30.3 Å². The maximum Gasteiger partial charge on any atom is 0.245 e. The van der Waals surface area contributed by atoms with Gasteiger partial charge in [-0.1, -0.05) is 41.9 Å². The predicted octanol–water partition coefficient (Wildman–Crippen LogP) is 3.89. The molecule has 1 amide bonds. The Labute approximate surface area is 203 Å². The SMILES string of the molecule is COc1ccc(NC(=O)[C@H](Cc2ccccc2)NS(=O)(=O)c2cc(Cl)ccc2OC)cc1OC. The maximum absolute atomic E-state index is 13.2. The summed E-state index contributed by atoms with van der Waals surface area (Å²) in [6, 6.07) is 17.1. The first-order chi connectivity index (χ1) is 16.3. The molecule has 0 aliphatic rings. The summed E-state index contributed by atoms with van der Waals surface area (Å²) in [5, 5.41) is 2.96. The quantitative estimate of drug-likeness (QED) is 0.434. The van der Waals surface area contributed by atoms with Crippen molar-refractivity contribution in [3.63, 3.8) is 0 Å². The van der Waals surface area contributed by atoms with Gasteiger partial charge in [-0.3, -0.25) is 4.79 Å². The highest BCUT2D eigenvalue weighted by Crippen LogP contribution is 2.30. The number of carbonyl (C=O) groups excluding carboxylic acids is 1. The molecule has 3 rings (SSSR count). The van der Waals surface area contributed by atoms with Crippen molar-refractivity contribution in [3.8, 4) is 17.2 Å². The smallest absolute Gasteiger partial charge is 0.245 e. The van der Waals surface area contributed by atoms with E-state index in [1.54, 1.807) is 18.2 Å². The third-order valence-corrected chi connectivity index (χ3v) is 6.69. The van der Waals surface area contributed by atoms with Crippen LogP contribution in [0.15, 0.2) is 71.6 Å². The number of amides is 1. The fourth-order valence-electron chi connectivity index (χ4n) is 3.29. The Balaban J connectivity index is 1.92. The Morgan fingerprint density at radius 3 is 2.18 bits per heavy atom. The average molecular weight is 505 g/mol. The van der Waals surface area contributed by atoms with Gasteiger partial charge in [0.25, 0.3) is 0 Å². The number of sulfonamides is 1. The second kappa shape index (κ2) is 11.2. The van der Waals surface area contributed by atoms with Gasteiger partial charge in [-0.15, -0.1) is 0 Å². The molecule has 0 aliphatic heterocycles. The molecule has 0 aliphatic carbocycles. The minimum absolute atomic E-state index is 0.107. The number of hydrogen-bond donors (Lipinski definition) is 2. The Morgan fingerprint density at radius 2 is 1.53 bits per heavy atom. The standard InChI is InChI=1S/C24H25ClN2O6S/c1-31-20-12-10-18(15-22(20)33-3)26-24(28)19(13-16-7-5-4-6-8-16)27-34(29,30)23-14-17(25)9-11-21(23)32-2/h4-12,14-15,19,27H,13H2,1-3H3,(H,26,28)/t19-/m0/s1. The first-order valence-electron chi connectivity index (χ1n) is 10.2. The van der Waals surface area contributed by atoms with Crippen LogP contribution in [-0.4, -0.2) is 41.7 Å². The highest BCUT2D eigenvalue weighted by molar-refractivity contribution is 7.89. The van der Waals surface area contributed by atoms with Crippen LogP contribution in [-0.2, 0) is 21.2 Å². The van der Waals surface area contributed by atoms with E-state index in [2.05, 4.69) is 10.0 Å². The number of ether oxygens (including phenoxy) is 3. The highest BCUT2D eigenvalue weighted by atomic mass is 35.5. The van der Waals surface area contributed by atoms with E-state index < -0.39 is 22.0 Å². The lowest BCUT2D eigenvalue weighted by atomic mass is 10.1.